The van der Waals surface area contributed by atoms with Crippen molar-refractivity contribution in [3.63, 3.8) is 0 Å². The van der Waals surface area contributed by atoms with E-state index >= 15 is 0 Å². The predicted octanol–water partition coefficient (Wildman–Crippen LogP) is 2.27. The van der Waals surface area contributed by atoms with E-state index in [1.807, 2.05) is 11.8 Å². The van der Waals surface area contributed by atoms with Gasteiger partial charge in [0.25, 0.3) is 0 Å². The van der Waals surface area contributed by atoms with Gasteiger partial charge in [-0.1, -0.05) is 24.6 Å². The van der Waals surface area contributed by atoms with E-state index in [1.54, 1.807) is 0 Å². The molecule has 1 N–H and O–H groups in total. The maximum atomic E-state index is 4.20. The second kappa shape index (κ2) is 6.70. The summed E-state index contributed by atoms with van der Waals surface area (Å²) < 4.78 is 2.07. The van der Waals surface area contributed by atoms with Gasteiger partial charge < -0.3 is 5.32 Å². The average molecular weight is 281 g/mol. The number of thioether (sulfide) groups is 1. The molecule has 2 aliphatic rings. The van der Waals surface area contributed by atoms with Crippen molar-refractivity contribution >= 4 is 11.8 Å². The zero-order valence-corrected chi connectivity index (χ0v) is 12.2. The van der Waals surface area contributed by atoms with Crippen LogP contribution in [0.5, 0.6) is 0 Å². The molecule has 2 heterocycles. The molecular formula is C13H23N5S. The van der Waals surface area contributed by atoms with E-state index in [-0.39, 0.29) is 0 Å². The third-order valence-electron chi connectivity index (χ3n) is 4.35. The van der Waals surface area contributed by atoms with Crippen LogP contribution in [-0.2, 0) is 0 Å². The van der Waals surface area contributed by atoms with Crippen molar-refractivity contribution < 1.29 is 0 Å². The lowest BCUT2D eigenvalue weighted by Crippen LogP contribution is -2.27. The molecule has 19 heavy (non-hydrogen) atoms. The SMILES string of the molecule is C1CCC(n2nnnc2SCCC2CCNCC2)C1. The van der Waals surface area contributed by atoms with E-state index in [4.69, 9.17) is 0 Å². The predicted molar refractivity (Wildman–Crippen MR) is 76.3 cm³/mol. The highest BCUT2D eigenvalue weighted by molar-refractivity contribution is 7.99. The molecule has 106 valence electrons. The van der Waals surface area contributed by atoms with Gasteiger partial charge in [0.05, 0.1) is 6.04 Å². The zero-order valence-electron chi connectivity index (χ0n) is 11.4. The molecule has 1 aliphatic heterocycles. The summed E-state index contributed by atoms with van der Waals surface area (Å²) in [5.74, 6) is 2.04. The second-order valence-corrected chi connectivity index (χ2v) is 6.74. The van der Waals surface area contributed by atoms with E-state index in [0.29, 0.717) is 6.04 Å². The molecule has 1 aromatic rings. The number of nitrogens with zero attached hydrogens (tertiary/aromatic N) is 4. The minimum atomic E-state index is 0.552. The Morgan fingerprint density at radius 1 is 1.16 bits per heavy atom. The van der Waals surface area contributed by atoms with E-state index < -0.39 is 0 Å². The minimum Gasteiger partial charge on any atom is -0.317 e. The fourth-order valence-corrected chi connectivity index (χ4v) is 4.19. The lowest BCUT2D eigenvalue weighted by Gasteiger charge is -2.22. The summed E-state index contributed by atoms with van der Waals surface area (Å²) in [4.78, 5) is 0. The fourth-order valence-electron chi connectivity index (χ4n) is 3.15. The summed E-state index contributed by atoms with van der Waals surface area (Å²) in [6, 6.07) is 0.552. The van der Waals surface area contributed by atoms with Crippen LogP contribution >= 0.6 is 11.8 Å². The molecule has 0 amide bonds. The molecule has 0 bridgehead atoms. The van der Waals surface area contributed by atoms with Crippen molar-refractivity contribution in [1.29, 1.82) is 0 Å². The van der Waals surface area contributed by atoms with Gasteiger partial charge in [-0.3, -0.25) is 0 Å². The van der Waals surface area contributed by atoms with Crippen molar-refractivity contribution in [1.82, 2.24) is 25.5 Å². The standard InChI is InChI=1S/C13H23N5S/c1-2-4-12(3-1)18-13(15-16-17-18)19-10-7-11-5-8-14-9-6-11/h11-12,14H,1-10H2. The van der Waals surface area contributed by atoms with E-state index in [2.05, 4.69) is 25.5 Å². The monoisotopic (exact) mass is 281 g/mol. The van der Waals surface area contributed by atoms with Gasteiger partial charge in [0.1, 0.15) is 0 Å². The Morgan fingerprint density at radius 3 is 2.74 bits per heavy atom. The molecule has 0 spiro atoms. The third kappa shape index (κ3) is 3.48. The summed E-state index contributed by atoms with van der Waals surface area (Å²) in [5, 5.41) is 16.7. The van der Waals surface area contributed by atoms with Crippen LogP contribution in [0.2, 0.25) is 0 Å². The number of hydrogen-bond donors (Lipinski definition) is 1. The Labute approximate surface area is 118 Å². The maximum absolute atomic E-state index is 4.20. The van der Waals surface area contributed by atoms with Crippen molar-refractivity contribution in [3.05, 3.63) is 0 Å². The summed E-state index contributed by atoms with van der Waals surface area (Å²) in [7, 11) is 0. The first-order chi connectivity index (χ1) is 9.43. The Hall–Kier alpha value is -0.620. The fraction of sp³-hybridized carbons (Fsp3) is 0.923. The number of nitrogens with one attached hydrogen (secondary N) is 1. The van der Waals surface area contributed by atoms with Gasteiger partial charge in [0, 0.05) is 5.75 Å². The Kier molecular flexibility index (Phi) is 4.71. The van der Waals surface area contributed by atoms with E-state index in [0.717, 1.165) is 16.8 Å². The van der Waals surface area contributed by atoms with Gasteiger partial charge in [0.2, 0.25) is 5.16 Å². The zero-order chi connectivity index (χ0) is 12.9. The van der Waals surface area contributed by atoms with E-state index in [9.17, 15) is 0 Å². The highest BCUT2D eigenvalue weighted by atomic mass is 32.2. The van der Waals surface area contributed by atoms with Crippen LogP contribution in [0.1, 0.15) is 51.0 Å². The van der Waals surface area contributed by atoms with Gasteiger partial charge in [0.15, 0.2) is 0 Å². The van der Waals surface area contributed by atoms with E-state index in [1.165, 1.54) is 58.0 Å². The number of piperidine rings is 1. The topological polar surface area (TPSA) is 55.6 Å². The Balaban J connectivity index is 1.48. The van der Waals surface area contributed by atoms with Gasteiger partial charge in [-0.2, -0.15) is 0 Å². The van der Waals surface area contributed by atoms with Crippen LogP contribution in [0.15, 0.2) is 5.16 Å². The van der Waals surface area contributed by atoms with Crippen LogP contribution in [0.25, 0.3) is 0 Å². The normalized spacial score (nSPS) is 22.1. The van der Waals surface area contributed by atoms with Gasteiger partial charge >= 0.3 is 0 Å². The second-order valence-electron chi connectivity index (χ2n) is 5.67. The molecule has 0 atom stereocenters. The van der Waals surface area contributed by atoms with Crippen LogP contribution in [0.3, 0.4) is 0 Å². The molecule has 2 fully saturated rings. The molecular weight excluding hydrogens is 258 g/mol. The number of tetrazole rings is 1. The average Bonchev–Trinajstić information content (AvgIpc) is 3.10. The van der Waals surface area contributed by atoms with Gasteiger partial charge in [-0.05, 0) is 61.5 Å². The quantitative estimate of drug-likeness (QED) is 0.839. The van der Waals surface area contributed by atoms with Crippen LogP contribution in [0, 0.1) is 5.92 Å². The van der Waals surface area contributed by atoms with Crippen molar-refractivity contribution in [2.45, 2.75) is 56.1 Å². The molecule has 0 aromatic carbocycles. The number of rotatable bonds is 5. The highest BCUT2D eigenvalue weighted by Crippen LogP contribution is 2.32. The molecule has 1 saturated heterocycles. The Bertz CT molecular complexity index is 382. The first-order valence-corrected chi connectivity index (χ1v) is 8.53. The first-order valence-electron chi connectivity index (χ1n) is 7.55. The lowest BCUT2D eigenvalue weighted by molar-refractivity contribution is 0.367. The summed E-state index contributed by atoms with van der Waals surface area (Å²) in [6.45, 7) is 2.38. The molecule has 5 nitrogen and oxygen atoms in total. The van der Waals surface area contributed by atoms with Crippen LogP contribution in [0.4, 0.5) is 0 Å². The van der Waals surface area contributed by atoms with Crippen LogP contribution in [-0.4, -0.2) is 39.0 Å². The molecule has 1 aliphatic carbocycles. The third-order valence-corrected chi connectivity index (χ3v) is 5.32. The van der Waals surface area contributed by atoms with Crippen molar-refractivity contribution in [2.75, 3.05) is 18.8 Å². The lowest BCUT2D eigenvalue weighted by atomic mass is 9.96. The first kappa shape index (κ1) is 13.4. The number of hydrogen-bond acceptors (Lipinski definition) is 5. The summed E-state index contributed by atoms with van der Waals surface area (Å²) >= 11 is 1.84. The van der Waals surface area contributed by atoms with Gasteiger partial charge in [-0.25, -0.2) is 4.68 Å². The smallest absolute Gasteiger partial charge is 0.209 e. The van der Waals surface area contributed by atoms with Crippen LogP contribution < -0.4 is 5.32 Å². The maximum Gasteiger partial charge on any atom is 0.209 e. The summed E-state index contributed by atoms with van der Waals surface area (Å²) in [6.07, 6.45) is 9.08. The largest absolute Gasteiger partial charge is 0.317 e. The highest BCUT2D eigenvalue weighted by Gasteiger charge is 2.21. The molecule has 0 unspecified atom stereocenters. The van der Waals surface area contributed by atoms with Crippen molar-refractivity contribution in [2.24, 2.45) is 5.92 Å². The molecule has 1 saturated carbocycles. The molecule has 0 radical (unpaired) electrons. The molecule has 3 rings (SSSR count). The molecule has 1 aromatic heterocycles. The van der Waals surface area contributed by atoms with Crippen molar-refractivity contribution in [3.8, 4) is 0 Å². The molecule has 6 heteroatoms. The minimum absolute atomic E-state index is 0.552. The Morgan fingerprint density at radius 2 is 1.95 bits per heavy atom. The number of aromatic nitrogens is 4. The van der Waals surface area contributed by atoms with Gasteiger partial charge in [-0.15, -0.1) is 5.10 Å². The summed E-state index contributed by atoms with van der Waals surface area (Å²) in [5.41, 5.74) is 0.